The van der Waals surface area contributed by atoms with Crippen molar-refractivity contribution in [2.45, 2.75) is 39.3 Å². The molecular weight excluding hydrogens is 330 g/mol. The van der Waals surface area contributed by atoms with E-state index in [9.17, 15) is 4.79 Å². The van der Waals surface area contributed by atoms with Gasteiger partial charge >= 0.3 is 0 Å². The van der Waals surface area contributed by atoms with Crippen molar-refractivity contribution in [3.05, 3.63) is 59.7 Å². The van der Waals surface area contributed by atoms with E-state index in [0.717, 1.165) is 11.4 Å². The summed E-state index contributed by atoms with van der Waals surface area (Å²) in [6.45, 7) is 13.2. The molecule has 0 spiro atoms. The first-order chi connectivity index (χ1) is 11.1. The minimum atomic E-state index is -1.78. The highest BCUT2D eigenvalue weighted by atomic mass is 28.4. The Morgan fingerprint density at radius 3 is 2.04 bits per heavy atom. The van der Waals surface area contributed by atoms with Gasteiger partial charge in [-0.1, -0.05) is 50.0 Å². The van der Waals surface area contributed by atoms with E-state index < -0.39 is 16.6 Å². The lowest BCUT2D eigenvalue weighted by atomic mass is 10.0. The molecule has 1 N–H and O–H groups in total. The largest absolute Gasteiger partial charge is 0.543 e. The molecule has 5 heteroatoms. The first kappa shape index (κ1) is 18.5. The van der Waals surface area contributed by atoms with Crippen molar-refractivity contribution in [2.75, 3.05) is 4.98 Å². The van der Waals surface area contributed by atoms with Crippen LogP contribution in [0.2, 0.25) is 39.3 Å². The van der Waals surface area contributed by atoms with E-state index in [1.807, 2.05) is 48.5 Å². The molecule has 24 heavy (non-hydrogen) atoms. The van der Waals surface area contributed by atoms with Gasteiger partial charge in [0.1, 0.15) is 14.0 Å². The van der Waals surface area contributed by atoms with Crippen LogP contribution in [0.25, 0.3) is 0 Å². The van der Waals surface area contributed by atoms with Crippen molar-refractivity contribution < 1.29 is 9.22 Å². The Bertz CT molecular complexity index is 716. The molecule has 2 aromatic carbocycles. The molecule has 0 heterocycles. The Morgan fingerprint density at radius 2 is 1.50 bits per heavy atom. The second kappa shape index (κ2) is 6.95. The molecule has 0 aliphatic heterocycles. The van der Waals surface area contributed by atoms with Crippen LogP contribution in [-0.4, -0.2) is 22.3 Å². The molecule has 128 valence electrons. The summed E-state index contributed by atoms with van der Waals surface area (Å²) in [6, 6.07) is 15.1. The Morgan fingerprint density at radius 1 is 0.875 bits per heavy atom. The molecule has 0 atom stereocenters. The van der Waals surface area contributed by atoms with Gasteiger partial charge in [-0.05, 0) is 37.8 Å². The van der Waals surface area contributed by atoms with E-state index in [0.29, 0.717) is 11.1 Å². The SMILES string of the molecule is C[Si](C)(C)Nc1ccc(C(=O)c2ccccc2)cc1O[Si](C)(C)C. The predicted octanol–water partition coefficient (Wildman–Crippen LogP) is 5.38. The Kier molecular flexibility index (Phi) is 5.35. The molecule has 0 bridgehead atoms. The van der Waals surface area contributed by atoms with Crippen LogP contribution in [-0.2, 0) is 0 Å². The molecule has 2 rings (SSSR count). The fraction of sp³-hybridized carbons (Fsp3) is 0.316. The van der Waals surface area contributed by atoms with Gasteiger partial charge in [0.2, 0.25) is 8.32 Å². The molecule has 0 fully saturated rings. The van der Waals surface area contributed by atoms with Crippen LogP contribution in [0.3, 0.4) is 0 Å². The lowest BCUT2D eigenvalue weighted by Gasteiger charge is -2.26. The highest BCUT2D eigenvalue weighted by Crippen LogP contribution is 2.31. The Balaban J connectivity index is 2.41. The molecule has 0 aromatic heterocycles. The van der Waals surface area contributed by atoms with Crippen LogP contribution < -0.4 is 9.41 Å². The maximum Gasteiger partial charge on any atom is 0.242 e. The monoisotopic (exact) mass is 357 g/mol. The van der Waals surface area contributed by atoms with Gasteiger partial charge in [0.25, 0.3) is 0 Å². The number of rotatable bonds is 6. The minimum absolute atomic E-state index is 0.0237. The van der Waals surface area contributed by atoms with Crippen LogP contribution in [0, 0.1) is 0 Å². The van der Waals surface area contributed by atoms with E-state index in [2.05, 4.69) is 44.3 Å². The molecule has 0 saturated heterocycles. The third-order valence-electron chi connectivity index (χ3n) is 3.21. The molecule has 0 amide bonds. The smallest absolute Gasteiger partial charge is 0.242 e. The van der Waals surface area contributed by atoms with Crippen molar-refractivity contribution in [1.29, 1.82) is 0 Å². The van der Waals surface area contributed by atoms with Crippen LogP contribution in [0.15, 0.2) is 48.5 Å². The van der Waals surface area contributed by atoms with E-state index >= 15 is 0 Å². The van der Waals surface area contributed by atoms with Gasteiger partial charge in [-0.3, -0.25) is 4.79 Å². The van der Waals surface area contributed by atoms with Gasteiger partial charge in [0.15, 0.2) is 5.78 Å². The fourth-order valence-electron chi connectivity index (χ4n) is 2.34. The number of hydrogen-bond donors (Lipinski definition) is 1. The Labute approximate surface area is 147 Å². The number of benzene rings is 2. The molecule has 2 aromatic rings. The summed E-state index contributed by atoms with van der Waals surface area (Å²) in [6.07, 6.45) is 0. The van der Waals surface area contributed by atoms with Crippen molar-refractivity contribution in [1.82, 2.24) is 0 Å². The van der Waals surface area contributed by atoms with Crippen molar-refractivity contribution in [3.63, 3.8) is 0 Å². The number of carbonyl (C=O) groups is 1. The summed E-state index contributed by atoms with van der Waals surface area (Å²) >= 11 is 0. The van der Waals surface area contributed by atoms with Crippen LogP contribution in [0.5, 0.6) is 5.75 Å². The molecule has 0 radical (unpaired) electrons. The summed E-state index contributed by atoms with van der Waals surface area (Å²) in [5.41, 5.74) is 2.35. The summed E-state index contributed by atoms with van der Waals surface area (Å²) in [5, 5.41) is 0. The third-order valence-corrected chi connectivity index (χ3v) is 5.06. The maximum atomic E-state index is 12.7. The average Bonchev–Trinajstić information content (AvgIpc) is 2.46. The van der Waals surface area contributed by atoms with E-state index in [4.69, 9.17) is 4.43 Å². The van der Waals surface area contributed by atoms with Gasteiger partial charge in [-0.15, -0.1) is 0 Å². The predicted molar refractivity (Wildman–Crippen MR) is 107 cm³/mol. The number of nitrogens with one attached hydrogen (secondary N) is 1. The lowest BCUT2D eigenvalue weighted by Crippen LogP contribution is -2.34. The maximum absolute atomic E-state index is 12.7. The van der Waals surface area contributed by atoms with Crippen molar-refractivity contribution in [3.8, 4) is 5.75 Å². The topological polar surface area (TPSA) is 38.3 Å². The summed E-state index contributed by atoms with van der Waals surface area (Å²) in [4.78, 5) is 16.3. The number of ketones is 1. The van der Waals surface area contributed by atoms with Crippen LogP contribution >= 0.6 is 0 Å². The highest BCUT2D eigenvalue weighted by molar-refractivity contribution is 6.79. The van der Waals surface area contributed by atoms with Crippen molar-refractivity contribution in [2.24, 2.45) is 0 Å². The van der Waals surface area contributed by atoms with Gasteiger partial charge in [0, 0.05) is 11.1 Å². The average molecular weight is 358 g/mol. The number of hydrogen-bond acceptors (Lipinski definition) is 3. The van der Waals surface area contributed by atoms with Gasteiger partial charge in [-0.25, -0.2) is 0 Å². The molecule has 0 aliphatic rings. The van der Waals surface area contributed by atoms with Gasteiger partial charge in [0.05, 0.1) is 5.69 Å². The normalized spacial score (nSPS) is 11.9. The fourth-order valence-corrected chi connectivity index (χ4v) is 4.18. The number of anilines is 1. The van der Waals surface area contributed by atoms with Crippen LogP contribution in [0.1, 0.15) is 15.9 Å². The second-order valence-corrected chi connectivity index (χ2v) is 17.2. The number of carbonyl (C=O) groups excluding carboxylic acids is 1. The quantitative estimate of drug-likeness (QED) is 0.557. The molecule has 0 aliphatic carbocycles. The zero-order chi connectivity index (χ0) is 18.0. The molecule has 0 unspecified atom stereocenters. The molecule has 0 saturated carbocycles. The second-order valence-electron chi connectivity index (χ2n) is 8.00. The van der Waals surface area contributed by atoms with E-state index in [-0.39, 0.29) is 5.78 Å². The van der Waals surface area contributed by atoms with Crippen molar-refractivity contribution >= 4 is 28.0 Å². The van der Waals surface area contributed by atoms with Gasteiger partial charge in [-0.2, -0.15) is 0 Å². The Hall–Kier alpha value is -1.86. The third kappa shape index (κ3) is 5.35. The zero-order valence-corrected chi connectivity index (χ0v) is 17.4. The first-order valence-electron chi connectivity index (χ1n) is 8.26. The highest BCUT2D eigenvalue weighted by Gasteiger charge is 2.22. The van der Waals surface area contributed by atoms with E-state index in [1.54, 1.807) is 0 Å². The van der Waals surface area contributed by atoms with Gasteiger partial charge < -0.3 is 9.41 Å². The summed E-state index contributed by atoms with van der Waals surface area (Å²) in [5.74, 6) is 0.814. The summed E-state index contributed by atoms with van der Waals surface area (Å²) < 4.78 is 6.25. The van der Waals surface area contributed by atoms with Crippen LogP contribution in [0.4, 0.5) is 5.69 Å². The molecular formula is C19H27NO2Si2. The van der Waals surface area contributed by atoms with E-state index in [1.165, 1.54) is 0 Å². The standard InChI is InChI=1S/C19H27NO2Si2/c1-23(2,3)20-17-13-12-16(14-18(17)22-24(4,5)6)19(21)15-10-8-7-9-11-15/h7-14,20H,1-6H3. The minimum Gasteiger partial charge on any atom is -0.543 e. The molecule has 3 nitrogen and oxygen atoms in total. The summed E-state index contributed by atoms with van der Waals surface area (Å²) in [7, 11) is -3.29. The zero-order valence-electron chi connectivity index (χ0n) is 15.4. The lowest BCUT2D eigenvalue weighted by molar-refractivity contribution is 0.103. The first-order valence-corrected chi connectivity index (χ1v) is 15.2.